The van der Waals surface area contributed by atoms with Gasteiger partial charge in [0.2, 0.25) is 5.71 Å². The molecule has 0 radical (unpaired) electrons. The van der Waals surface area contributed by atoms with Gasteiger partial charge in [0.05, 0.1) is 0 Å². The molecule has 0 fully saturated rings. The number of benzene rings is 8. The van der Waals surface area contributed by atoms with Crippen LogP contribution >= 0.6 is 0 Å². The van der Waals surface area contributed by atoms with Crippen molar-refractivity contribution < 1.29 is 25.9 Å². The number of hydrogen-bond acceptors (Lipinski definition) is 8. The van der Waals surface area contributed by atoms with Crippen LogP contribution in [0.15, 0.2) is 261 Å². The molecule has 8 aromatic heterocycles. The summed E-state index contributed by atoms with van der Waals surface area (Å²) in [6.45, 7) is 9.10. The quantitative estimate of drug-likeness (QED) is 0.148. The third-order valence-corrected chi connectivity index (χ3v) is 15.4. The zero-order valence-corrected chi connectivity index (χ0v) is 47.6. The number of pyridine rings is 4. The van der Waals surface area contributed by atoms with E-state index in [4.69, 9.17) is 25.9 Å². The van der Waals surface area contributed by atoms with Crippen molar-refractivity contribution in [3.63, 3.8) is 0 Å². The first-order valence-corrected chi connectivity index (χ1v) is 28.3. The standard InChI is InChI=1S/C20H17NO.3C19H15NO/c1-13(2)14-8-10-15(11-9-14)16-5-3-6-17-19-18(22-20(16)17)7-4-12-21-19;1-2-13-8-10-14(11-9-13)15-5-3-6-16-17-7-4-12-20-19(17)21-18(15)16;1-2-13-7-9-14(10-8-13)16-11-20-12-17-15-5-3-4-6-18(15)21-19(16)17;1-2-13-7-9-14(10-8-13)15-11-12-20-18-16-5-3-4-6-17(16)21-19(15)18/h3-13H,1-2H3;3*3-12H,2H2,1H3/i;3*2D2. The minimum Gasteiger partial charge on any atom is -0.455 e. The lowest BCUT2D eigenvalue weighted by Crippen LogP contribution is -1.86. The molecule has 414 valence electrons. The molecule has 0 aliphatic heterocycles. The average Bonchev–Trinajstić information content (AvgIpc) is 1.70. The molecule has 0 saturated heterocycles. The Balaban J connectivity index is 0.000000111. The maximum Gasteiger partial charge on any atom is 0.227 e. The van der Waals surface area contributed by atoms with E-state index in [0.29, 0.717) is 28.3 Å². The third kappa shape index (κ3) is 10.7. The molecular weight excluding hydrogens is 1040 g/mol. The molecule has 0 unspecified atom stereocenters. The van der Waals surface area contributed by atoms with Crippen molar-refractivity contribution in [2.45, 2.75) is 59.7 Å². The summed E-state index contributed by atoms with van der Waals surface area (Å²) in [5.74, 6) is 0.542. The van der Waals surface area contributed by atoms with Crippen LogP contribution in [0.5, 0.6) is 0 Å². The van der Waals surface area contributed by atoms with Crippen molar-refractivity contribution in [2.24, 2.45) is 0 Å². The molecule has 0 saturated carbocycles. The summed E-state index contributed by atoms with van der Waals surface area (Å²) in [6, 6.07) is 69.0. The highest BCUT2D eigenvalue weighted by Gasteiger charge is 2.17. The van der Waals surface area contributed by atoms with E-state index in [9.17, 15) is 0 Å². The van der Waals surface area contributed by atoms with Gasteiger partial charge in [0.25, 0.3) is 0 Å². The fourth-order valence-corrected chi connectivity index (χ4v) is 10.9. The first-order valence-electron chi connectivity index (χ1n) is 31.3. The van der Waals surface area contributed by atoms with Crippen molar-refractivity contribution >= 4 is 88.1 Å². The van der Waals surface area contributed by atoms with Gasteiger partial charge in [-0.05, 0) is 124 Å². The molecule has 8 nitrogen and oxygen atoms in total. The van der Waals surface area contributed by atoms with Crippen molar-refractivity contribution in [1.82, 2.24) is 19.9 Å². The lowest BCUT2D eigenvalue weighted by atomic mass is 9.98. The molecule has 0 aliphatic carbocycles. The largest absolute Gasteiger partial charge is 0.455 e. The highest BCUT2D eigenvalue weighted by Crippen LogP contribution is 2.39. The SMILES string of the molecule is CC(C)c1ccc(-c2cccc3c2oc2cccnc23)cc1.[2H]C([2H])(C)c1ccc(-c2cccc3c2oc2ncccc23)cc1.[2H]C([2H])(C)c1ccc(-c2ccnc3c2oc2ccccc23)cc1.[2H]C([2H])(C)c1ccc(-c2cncc3c2oc2ccccc23)cc1. The Hall–Kier alpha value is -10.4. The van der Waals surface area contributed by atoms with E-state index in [0.717, 1.165) is 121 Å². The van der Waals surface area contributed by atoms with Crippen molar-refractivity contribution in [3.05, 3.63) is 266 Å². The summed E-state index contributed by atoms with van der Waals surface area (Å²) in [5.41, 5.74) is 19.7. The maximum atomic E-state index is 7.79. The molecule has 85 heavy (non-hydrogen) atoms. The van der Waals surface area contributed by atoms with Crippen molar-refractivity contribution in [1.29, 1.82) is 0 Å². The van der Waals surface area contributed by atoms with Gasteiger partial charge in [-0.3, -0.25) is 15.0 Å². The summed E-state index contributed by atoms with van der Waals surface area (Å²) in [6.07, 6.45) is 4.90. The zero-order chi connectivity index (χ0) is 63.2. The van der Waals surface area contributed by atoms with Crippen LogP contribution in [0.4, 0.5) is 0 Å². The number of aryl methyl sites for hydroxylation is 3. The van der Waals surface area contributed by atoms with Crippen molar-refractivity contribution in [2.75, 3.05) is 0 Å². The van der Waals surface area contributed by atoms with Crippen LogP contribution in [0.25, 0.3) is 133 Å². The van der Waals surface area contributed by atoms with E-state index < -0.39 is 19.1 Å². The van der Waals surface area contributed by atoms with E-state index in [1.807, 2.05) is 176 Å². The Morgan fingerprint density at radius 2 is 0.800 bits per heavy atom. The number of aromatic nitrogens is 4. The highest BCUT2D eigenvalue weighted by molar-refractivity contribution is 6.11. The minimum atomic E-state index is -1.35. The third-order valence-electron chi connectivity index (χ3n) is 15.4. The van der Waals surface area contributed by atoms with E-state index in [1.165, 1.54) is 11.1 Å². The second-order valence-electron chi connectivity index (χ2n) is 20.8. The number of para-hydroxylation sites is 4. The molecule has 16 aromatic rings. The number of fused-ring (bicyclic) bond motifs is 12. The number of nitrogens with zero attached hydrogens (tertiary/aromatic N) is 4. The Bertz CT molecular complexity index is 4870. The van der Waals surface area contributed by atoms with Crippen LogP contribution in [0.3, 0.4) is 0 Å². The molecule has 0 aliphatic rings. The molecule has 8 aromatic carbocycles. The van der Waals surface area contributed by atoms with Crippen molar-refractivity contribution in [3.8, 4) is 44.5 Å². The minimum absolute atomic E-state index is 0.542. The summed E-state index contributed by atoms with van der Waals surface area (Å²) in [7, 11) is 0. The fourth-order valence-electron chi connectivity index (χ4n) is 10.9. The molecule has 0 amide bonds. The van der Waals surface area contributed by atoms with Crippen LogP contribution in [0.2, 0.25) is 0 Å². The molecule has 16 rings (SSSR count). The van der Waals surface area contributed by atoms with Gasteiger partial charge in [0, 0.05) is 93.8 Å². The predicted molar refractivity (Wildman–Crippen MR) is 350 cm³/mol. The van der Waals surface area contributed by atoms with Crippen LogP contribution in [-0.4, -0.2) is 19.9 Å². The first kappa shape index (κ1) is 47.1. The molecule has 8 heteroatoms. The van der Waals surface area contributed by atoms with Gasteiger partial charge in [-0.25, -0.2) is 4.98 Å². The number of furan rings is 4. The lowest BCUT2D eigenvalue weighted by Gasteiger charge is -2.07. The van der Waals surface area contributed by atoms with Gasteiger partial charge in [0.15, 0.2) is 11.2 Å². The van der Waals surface area contributed by atoms with Gasteiger partial charge < -0.3 is 17.7 Å². The Morgan fingerprint density at radius 3 is 1.44 bits per heavy atom. The second-order valence-corrected chi connectivity index (χ2v) is 20.8. The Labute approximate surface area is 501 Å². The smallest absolute Gasteiger partial charge is 0.227 e. The monoisotopic (exact) mass is 1110 g/mol. The predicted octanol–water partition coefficient (Wildman–Crippen LogP) is 21.4. The van der Waals surface area contributed by atoms with Crippen LogP contribution in [0, 0.1) is 0 Å². The Morgan fingerprint density at radius 1 is 0.341 bits per heavy atom. The van der Waals surface area contributed by atoms with E-state index >= 15 is 0 Å². The Kier molecular flexibility index (Phi) is 13.2. The van der Waals surface area contributed by atoms with Gasteiger partial charge in [0.1, 0.15) is 38.9 Å². The number of hydrogen-bond donors (Lipinski definition) is 0. The molecule has 0 spiro atoms. The summed E-state index contributed by atoms with van der Waals surface area (Å²) >= 11 is 0. The van der Waals surface area contributed by atoms with E-state index in [1.54, 1.807) is 45.6 Å². The van der Waals surface area contributed by atoms with Gasteiger partial charge in [-0.15, -0.1) is 0 Å². The number of rotatable bonds is 8. The van der Waals surface area contributed by atoms with Crippen LogP contribution in [-0.2, 0) is 19.1 Å². The van der Waals surface area contributed by atoms with Gasteiger partial charge >= 0.3 is 0 Å². The first-order chi connectivity index (χ1) is 43.9. The summed E-state index contributed by atoms with van der Waals surface area (Å²) in [5, 5.41) is 6.17. The van der Waals surface area contributed by atoms with Gasteiger partial charge in [-0.1, -0.05) is 192 Å². The molecular formula is C77H62N4O4. The molecule has 0 atom stereocenters. The highest BCUT2D eigenvalue weighted by atomic mass is 16.3. The summed E-state index contributed by atoms with van der Waals surface area (Å²) in [4.78, 5) is 17.5. The van der Waals surface area contributed by atoms with Crippen LogP contribution in [0.1, 0.15) is 71.0 Å². The summed E-state index contributed by atoms with van der Waals surface area (Å²) < 4.78 is 70.8. The lowest BCUT2D eigenvalue weighted by molar-refractivity contribution is 0.655. The zero-order valence-electron chi connectivity index (χ0n) is 53.6. The maximum absolute atomic E-state index is 7.79. The normalized spacial score (nSPS) is 12.9. The molecule has 0 N–H and O–H groups in total. The second kappa shape index (κ2) is 23.8. The fraction of sp³-hybridized carbons (Fsp3) is 0.117. The average molecular weight is 1110 g/mol. The molecule has 8 heterocycles. The topological polar surface area (TPSA) is 104 Å². The molecule has 0 bridgehead atoms. The van der Waals surface area contributed by atoms with E-state index in [2.05, 4.69) is 76.2 Å². The van der Waals surface area contributed by atoms with Crippen LogP contribution < -0.4 is 0 Å². The van der Waals surface area contributed by atoms with E-state index in [-0.39, 0.29) is 0 Å². The van der Waals surface area contributed by atoms with Gasteiger partial charge in [-0.2, -0.15) is 0 Å².